The molecule has 28 heavy (non-hydrogen) atoms. The topological polar surface area (TPSA) is 103 Å². The molecule has 3 rings (SSSR count). The number of hydrogen-bond donors (Lipinski definition) is 2. The molecular formula is C20H16FN3O4. The Bertz CT molecular complexity index is 1090. The third-order valence-corrected chi connectivity index (χ3v) is 4.04. The van der Waals surface area contributed by atoms with Crippen molar-refractivity contribution in [1.82, 2.24) is 4.57 Å². The van der Waals surface area contributed by atoms with E-state index in [0.717, 1.165) is 0 Å². The molecule has 0 bridgehead atoms. The van der Waals surface area contributed by atoms with E-state index in [9.17, 15) is 18.8 Å². The molecule has 8 heteroatoms. The number of aromatic nitrogens is 1. The first-order valence-corrected chi connectivity index (χ1v) is 8.18. The van der Waals surface area contributed by atoms with Crippen LogP contribution in [-0.4, -0.2) is 23.6 Å². The van der Waals surface area contributed by atoms with Crippen LogP contribution in [0.15, 0.2) is 65.5 Å². The zero-order valence-corrected chi connectivity index (χ0v) is 14.8. The summed E-state index contributed by atoms with van der Waals surface area (Å²) in [6.07, 6.45) is -0.628. The van der Waals surface area contributed by atoms with Crippen molar-refractivity contribution in [3.8, 4) is 5.69 Å². The van der Waals surface area contributed by atoms with Crippen molar-refractivity contribution in [2.45, 2.75) is 0 Å². The van der Waals surface area contributed by atoms with Gasteiger partial charge in [0, 0.05) is 17.3 Å². The van der Waals surface area contributed by atoms with E-state index in [1.807, 2.05) is 0 Å². The number of pyridine rings is 1. The number of anilines is 2. The molecule has 0 aliphatic carbocycles. The van der Waals surface area contributed by atoms with Crippen LogP contribution in [0, 0.1) is 5.82 Å². The number of nitrogens with zero attached hydrogens (tertiary/aromatic N) is 1. The lowest BCUT2D eigenvalue weighted by molar-refractivity contribution is 0.103. The average molecular weight is 381 g/mol. The number of carbonyl (C=O) groups excluding carboxylic acids is 2. The largest absolute Gasteiger partial charge is 0.453 e. The van der Waals surface area contributed by atoms with Crippen LogP contribution < -0.4 is 16.6 Å². The van der Waals surface area contributed by atoms with Gasteiger partial charge in [0.2, 0.25) is 0 Å². The Morgan fingerprint density at radius 1 is 1.00 bits per heavy atom. The first kappa shape index (κ1) is 18.8. The second-order valence-corrected chi connectivity index (χ2v) is 5.81. The van der Waals surface area contributed by atoms with Crippen LogP contribution in [0.4, 0.5) is 20.7 Å². The Morgan fingerprint density at radius 3 is 2.25 bits per heavy atom. The second kappa shape index (κ2) is 7.75. The highest BCUT2D eigenvalue weighted by atomic mass is 19.1. The van der Waals surface area contributed by atoms with E-state index < -0.39 is 23.3 Å². The lowest BCUT2D eigenvalue weighted by Crippen LogP contribution is -2.23. The molecule has 0 saturated heterocycles. The van der Waals surface area contributed by atoms with Crippen molar-refractivity contribution in [2.24, 2.45) is 0 Å². The van der Waals surface area contributed by atoms with Gasteiger partial charge in [-0.1, -0.05) is 0 Å². The minimum atomic E-state index is -0.628. The molecule has 7 nitrogen and oxygen atoms in total. The fraction of sp³-hybridized carbons (Fsp3) is 0.0500. The summed E-state index contributed by atoms with van der Waals surface area (Å²) in [5.41, 5.74) is 6.90. The van der Waals surface area contributed by atoms with Crippen LogP contribution >= 0.6 is 0 Å². The maximum absolute atomic E-state index is 13.1. The van der Waals surface area contributed by atoms with Crippen LogP contribution in [0.25, 0.3) is 5.69 Å². The van der Waals surface area contributed by atoms with Crippen LogP contribution in [0.1, 0.15) is 15.9 Å². The Morgan fingerprint density at radius 2 is 1.64 bits per heavy atom. The fourth-order valence-electron chi connectivity index (χ4n) is 2.63. The number of ether oxygens (including phenoxy) is 1. The summed E-state index contributed by atoms with van der Waals surface area (Å²) in [5, 5.41) is 2.49. The van der Waals surface area contributed by atoms with Crippen molar-refractivity contribution < 1.29 is 18.7 Å². The van der Waals surface area contributed by atoms with Crippen LogP contribution in [-0.2, 0) is 4.74 Å². The van der Waals surface area contributed by atoms with Gasteiger partial charge in [-0.05, 0) is 54.6 Å². The number of carbonyl (C=O) groups is 2. The summed E-state index contributed by atoms with van der Waals surface area (Å²) in [6, 6.07) is 13.9. The van der Waals surface area contributed by atoms with E-state index in [1.54, 1.807) is 24.3 Å². The number of nitrogen functional groups attached to an aromatic ring is 1. The number of hydrogen-bond acceptors (Lipinski definition) is 5. The number of ketones is 1. The van der Waals surface area contributed by atoms with Crippen molar-refractivity contribution in [1.29, 1.82) is 0 Å². The fourth-order valence-corrected chi connectivity index (χ4v) is 2.63. The Hall–Kier alpha value is -3.94. The molecule has 142 valence electrons. The number of amides is 1. The van der Waals surface area contributed by atoms with E-state index in [4.69, 9.17) is 5.73 Å². The smallest absolute Gasteiger partial charge is 0.411 e. The summed E-state index contributed by atoms with van der Waals surface area (Å²) in [6.45, 7) is 0. The second-order valence-electron chi connectivity index (χ2n) is 5.81. The van der Waals surface area contributed by atoms with E-state index in [-0.39, 0.29) is 16.9 Å². The molecule has 0 fully saturated rings. The number of halogens is 1. The Labute approximate surface area is 159 Å². The molecule has 0 saturated carbocycles. The third kappa shape index (κ3) is 3.75. The normalized spacial score (nSPS) is 10.4. The van der Waals surface area contributed by atoms with Gasteiger partial charge in [-0.15, -0.1) is 0 Å². The molecule has 3 aromatic rings. The van der Waals surface area contributed by atoms with Gasteiger partial charge in [0.05, 0.1) is 18.4 Å². The summed E-state index contributed by atoms with van der Waals surface area (Å²) in [5.74, 6) is -0.944. The van der Waals surface area contributed by atoms with Gasteiger partial charge < -0.3 is 10.5 Å². The van der Waals surface area contributed by atoms with Crippen LogP contribution in [0.2, 0.25) is 0 Å². The van der Waals surface area contributed by atoms with Crippen molar-refractivity contribution >= 4 is 23.4 Å². The summed E-state index contributed by atoms with van der Waals surface area (Å²) in [4.78, 5) is 36.3. The Kier molecular flexibility index (Phi) is 5.21. The SMILES string of the molecule is COC(=O)Nc1ccc(-n2c(N)c(C(=O)c3ccc(F)cc3)ccc2=O)cc1. The van der Waals surface area contributed by atoms with Crippen LogP contribution in [0.5, 0.6) is 0 Å². The molecule has 0 aliphatic rings. The number of benzene rings is 2. The van der Waals surface area contributed by atoms with Gasteiger partial charge in [0.15, 0.2) is 5.78 Å². The predicted molar refractivity (Wildman–Crippen MR) is 102 cm³/mol. The molecule has 0 spiro atoms. The zero-order valence-electron chi connectivity index (χ0n) is 14.8. The average Bonchev–Trinajstić information content (AvgIpc) is 2.69. The highest BCUT2D eigenvalue weighted by Gasteiger charge is 2.17. The molecule has 0 aliphatic heterocycles. The maximum Gasteiger partial charge on any atom is 0.411 e. The predicted octanol–water partition coefficient (Wildman–Crippen LogP) is 2.97. The van der Waals surface area contributed by atoms with Gasteiger partial charge in [-0.3, -0.25) is 19.5 Å². The highest BCUT2D eigenvalue weighted by Crippen LogP contribution is 2.20. The van der Waals surface area contributed by atoms with Crippen molar-refractivity contribution in [3.05, 3.63) is 88.0 Å². The number of nitrogens with two attached hydrogens (primary N) is 1. The quantitative estimate of drug-likeness (QED) is 0.676. The minimum Gasteiger partial charge on any atom is -0.453 e. The number of rotatable bonds is 4. The van der Waals surface area contributed by atoms with Gasteiger partial charge in [0.25, 0.3) is 5.56 Å². The van der Waals surface area contributed by atoms with Gasteiger partial charge in [-0.2, -0.15) is 0 Å². The molecule has 0 atom stereocenters. The van der Waals surface area contributed by atoms with Crippen molar-refractivity contribution in [2.75, 3.05) is 18.2 Å². The highest BCUT2D eigenvalue weighted by molar-refractivity contribution is 6.11. The lowest BCUT2D eigenvalue weighted by atomic mass is 10.0. The monoisotopic (exact) mass is 381 g/mol. The molecule has 1 heterocycles. The molecule has 2 aromatic carbocycles. The first-order chi connectivity index (χ1) is 13.4. The Balaban J connectivity index is 1.99. The molecular weight excluding hydrogens is 365 g/mol. The summed E-state index contributed by atoms with van der Waals surface area (Å²) < 4.78 is 18.8. The number of methoxy groups -OCH3 is 1. The van der Waals surface area contributed by atoms with E-state index >= 15 is 0 Å². The summed E-state index contributed by atoms with van der Waals surface area (Å²) in [7, 11) is 1.24. The molecule has 3 N–H and O–H groups in total. The van der Waals surface area contributed by atoms with E-state index in [1.165, 1.54) is 48.1 Å². The molecule has 1 aromatic heterocycles. The molecule has 0 radical (unpaired) electrons. The zero-order chi connectivity index (χ0) is 20.3. The minimum absolute atomic E-state index is 0.0458. The van der Waals surface area contributed by atoms with E-state index in [2.05, 4.69) is 10.1 Å². The maximum atomic E-state index is 13.1. The number of nitrogens with one attached hydrogen (secondary N) is 1. The lowest BCUT2D eigenvalue weighted by Gasteiger charge is -2.13. The van der Waals surface area contributed by atoms with Gasteiger partial charge >= 0.3 is 6.09 Å². The third-order valence-electron chi connectivity index (χ3n) is 4.04. The molecule has 0 unspecified atom stereocenters. The van der Waals surface area contributed by atoms with E-state index in [0.29, 0.717) is 11.4 Å². The van der Waals surface area contributed by atoms with Gasteiger partial charge in [-0.25, -0.2) is 9.18 Å². The first-order valence-electron chi connectivity index (χ1n) is 8.18. The molecule has 1 amide bonds. The van der Waals surface area contributed by atoms with Crippen molar-refractivity contribution in [3.63, 3.8) is 0 Å². The van der Waals surface area contributed by atoms with Gasteiger partial charge in [0.1, 0.15) is 11.6 Å². The van der Waals surface area contributed by atoms with Crippen LogP contribution in [0.3, 0.4) is 0 Å². The summed E-state index contributed by atoms with van der Waals surface area (Å²) >= 11 is 0. The standard InChI is InChI=1S/C20H16FN3O4/c1-28-20(27)23-14-6-8-15(9-7-14)24-17(25)11-10-16(19(24)22)18(26)12-2-4-13(21)5-3-12/h2-11H,22H2,1H3,(H,23,27).